The van der Waals surface area contributed by atoms with Gasteiger partial charge in [0.25, 0.3) is 0 Å². The fraction of sp³-hybridized carbons (Fsp3) is 0.444. The summed E-state index contributed by atoms with van der Waals surface area (Å²) in [4.78, 5) is 36.4. The molecule has 186 valence electrons. The maximum Gasteiger partial charge on any atom is 0.407 e. The molecule has 2 amide bonds. The van der Waals surface area contributed by atoms with Crippen LogP contribution in [0.4, 0.5) is 4.79 Å². The Morgan fingerprint density at radius 2 is 1.63 bits per heavy atom. The van der Waals surface area contributed by atoms with E-state index in [1.54, 1.807) is 20.8 Å². The van der Waals surface area contributed by atoms with Crippen molar-refractivity contribution in [3.63, 3.8) is 0 Å². The van der Waals surface area contributed by atoms with Gasteiger partial charge in [-0.05, 0) is 40.5 Å². The molecule has 3 N–H and O–H groups in total. The number of carbonyl (C=O) groups is 3. The molecule has 2 aromatic carbocycles. The summed E-state index contributed by atoms with van der Waals surface area (Å²) in [5.41, 5.74) is 3.98. The second-order valence-corrected chi connectivity index (χ2v) is 10.2. The van der Waals surface area contributed by atoms with Crippen LogP contribution < -0.4 is 10.6 Å². The molecule has 2 unspecified atom stereocenters. The average Bonchev–Trinajstić information content (AvgIpc) is 3.42. The molecular formula is C27H32N2O6. The van der Waals surface area contributed by atoms with E-state index in [1.165, 1.54) is 0 Å². The molecule has 0 spiro atoms. The van der Waals surface area contributed by atoms with Gasteiger partial charge in [0.1, 0.15) is 18.8 Å². The highest BCUT2D eigenvalue weighted by molar-refractivity contribution is 5.87. The number of ether oxygens (including phenoxy) is 2. The Kier molecular flexibility index (Phi) is 7.12. The fourth-order valence-corrected chi connectivity index (χ4v) is 4.78. The van der Waals surface area contributed by atoms with Gasteiger partial charge in [0.15, 0.2) is 0 Å². The molecule has 4 rings (SSSR count). The van der Waals surface area contributed by atoms with Gasteiger partial charge in [-0.1, -0.05) is 69.3 Å². The van der Waals surface area contributed by atoms with Crippen molar-refractivity contribution in [2.45, 2.75) is 57.8 Å². The molecule has 1 saturated heterocycles. The van der Waals surface area contributed by atoms with Crippen molar-refractivity contribution in [2.75, 3.05) is 13.2 Å². The first-order valence-corrected chi connectivity index (χ1v) is 11.9. The number of hydrogen-bond acceptors (Lipinski definition) is 5. The van der Waals surface area contributed by atoms with E-state index in [0.717, 1.165) is 22.3 Å². The largest absolute Gasteiger partial charge is 0.480 e. The van der Waals surface area contributed by atoms with Crippen LogP contribution in [0.15, 0.2) is 48.5 Å². The Morgan fingerprint density at radius 1 is 1.03 bits per heavy atom. The predicted octanol–water partition coefficient (Wildman–Crippen LogP) is 3.69. The molecular weight excluding hydrogens is 448 g/mol. The zero-order valence-electron chi connectivity index (χ0n) is 20.2. The Hall–Kier alpha value is -3.39. The zero-order valence-corrected chi connectivity index (χ0v) is 20.2. The minimum Gasteiger partial charge on any atom is -0.480 e. The van der Waals surface area contributed by atoms with Gasteiger partial charge in [0, 0.05) is 12.5 Å². The average molecular weight is 481 g/mol. The van der Waals surface area contributed by atoms with Crippen molar-refractivity contribution < 1.29 is 29.0 Å². The van der Waals surface area contributed by atoms with Crippen LogP contribution in [0.25, 0.3) is 11.1 Å². The number of amides is 2. The highest BCUT2D eigenvalue weighted by Crippen LogP contribution is 2.44. The quantitative estimate of drug-likeness (QED) is 0.557. The maximum atomic E-state index is 12.5. The van der Waals surface area contributed by atoms with E-state index in [0.29, 0.717) is 12.8 Å². The monoisotopic (exact) mass is 480 g/mol. The lowest BCUT2D eigenvalue weighted by atomic mass is 9.86. The summed E-state index contributed by atoms with van der Waals surface area (Å²) < 4.78 is 11.3. The molecule has 1 fully saturated rings. The Balaban J connectivity index is 1.25. The fourth-order valence-electron chi connectivity index (χ4n) is 4.78. The van der Waals surface area contributed by atoms with Crippen LogP contribution in [-0.2, 0) is 19.1 Å². The van der Waals surface area contributed by atoms with Crippen molar-refractivity contribution in [3.05, 3.63) is 59.7 Å². The Labute approximate surface area is 205 Å². The second kappa shape index (κ2) is 10.1. The van der Waals surface area contributed by atoms with Gasteiger partial charge in [0.2, 0.25) is 5.91 Å². The van der Waals surface area contributed by atoms with E-state index >= 15 is 0 Å². The SMILES string of the molecule is CC(C)(C)[C@H](NC(=O)C1CCC(CNC(=O)OCC2c3ccccc3-c3ccccc32)O1)C(=O)O. The number of rotatable bonds is 7. The van der Waals surface area contributed by atoms with Crippen molar-refractivity contribution in [1.29, 1.82) is 0 Å². The van der Waals surface area contributed by atoms with Gasteiger partial charge in [-0.3, -0.25) is 4.79 Å². The lowest BCUT2D eigenvalue weighted by Gasteiger charge is -2.28. The van der Waals surface area contributed by atoms with Crippen LogP contribution in [0.2, 0.25) is 0 Å². The number of nitrogens with one attached hydrogen (secondary N) is 2. The Morgan fingerprint density at radius 3 is 2.20 bits per heavy atom. The van der Waals surface area contributed by atoms with E-state index in [-0.39, 0.29) is 25.2 Å². The molecule has 35 heavy (non-hydrogen) atoms. The molecule has 1 aliphatic heterocycles. The van der Waals surface area contributed by atoms with Crippen molar-refractivity contribution in [2.24, 2.45) is 5.41 Å². The third kappa shape index (κ3) is 5.48. The van der Waals surface area contributed by atoms with Gasteiger partial charge in [-0.25, -0.2) is 9.59 Å². The summed E-state index contributed by atoms with van der Waals surface area (Å²) in [6, 6.07) is 15.3. The Bertz CT molecular complexity index is 1060. The van der Waals surface area contributed by atoms with E-state index < -0.39 is 35.5 Å². The summed E-state index contributed by atoms with van der Waals surface area (Å²) in [6.07, 6.45) is -0.589. The topological polar surface area (TPSA) is 114 Å². The van der Waals surface area contributed by atoms with E-state index in [1.807, 2.05) is 24.3 Å². The highest BCUT2D eigenvalue weighted by atomic mass is 16.5. The molecule has 0 bridgehead atoms. The molecule has 0 aromatic heterocycles. The second-order valence-electron chi connectivity index (χ2n) is 10.2. The summed E-state index contributed by atoms with van der Waals surface area (Å²) >= 11 is 0. The number of hydrogen-bond donors (Lipinski definition) is 3. The van der Waals surface area contributed by atoms with Crippen LogP contribution in [0.3, 0.4) is 0 Å². The number of fused-ring (bicyclic) bond motifs is 3. The van der Waals surface area contributed by atoms with Crippen molar-refractivity contribution in [3.8, 4) is 11.1 Å². The zero-order chi connectivity index (χ0) is 25.2. The third-order valence-corrected chi connectivity index (χ3v) is 6.62. The van der Waals surface area contributed by atoms with Gasteiger partial charge in [0.05, 0.1) is 6.10 Å². The summed E-state index contributed by atoms with van der Waals surface area (Å²) in [5.74, 6) is -1.55. The van der Waals surface area contributed by atoms with Crippen molar-refractivity contribution >= 4 is 18.0 Å². The normalized spacial score (nSPS) is 20.0. The third-order valence-electron chi connectivity index (χ3n) is 6.62. The molecule has 2 aliphatic rings. The first kappa shape index (κ1) is 24.7. The number of carboxylic acids is 1. The minimum atomic E-state index is -1.09. The van der Waals surface area contributed by atoms with E-state index in [9.17, 15) is 19.5 Å². The molecule has 0 radical (unpaired) electrons. The molecule has 0 saturated carbocycles. The molecule has 2 aromatic rings. The number of carboxylic acid groups (broad SMARTS) is 1. The maximum absolute atomic E-state index is 12.5. The molecule has 1 aliphatic carbocycles. The molecule has 1 heterocycles. The van der Waals surface area contributed by atoms with Gasteiger partial charge < -0.3 is 25.2 Å². The first-order valence-electron chi connectivity index (χ1n) is 11.9. The number of benzene rings is 2. The lowest BCUT2D eigenvalue weighted by molar-refractivity contribution is -0.147. The molecule has 8 heteroatoms. The number of carbonyl (C=O) groups excluding carboxylic acids is 2. The van der Waals surface area contributed by atoms with Crippen LogP contribution in [0.5, 0.6) is 0 Å². The summed E-state index contributed by atoms with van der Waals surface area (Å²) in [7, 11) is 0. The predicted molar refractivity (Wildman–Crippen MR) is 130 cm³/mol. The van der Waals surface area contributed by atoms with Gasteiger partial charge >= 0.3 is 12.1 Å². The molecule has 8 nitrogen and oxygen atoms in total. The van der Waals surface area contributed by atoms with Crippen LogP contribution in [0.1, 0.15) is 50.7 Å². The summed E-state index contributed by atoms with van der Waals surface area (Å²) in [5, 5.41) is 14.7. The van der Waals surface area contributed by atoms with Crippen molar-refractivity contribution in [1.82, 2.24) is 10.6 Å². The lowest BCUT2D eigenvalue weighted by Crippen LogP contribution is -2.52. The standard InChI is InChI=1S/C27H32N2O6/c1-27(2,3)23(25(31)32)29-24(30)22-13-12-16(35-22)14-28-26(33)34-15-21-19-10-6-4-8-17(19)18-9-5-7-11-20(18)21/h4-11,16,21-23H,12-15H2,1-3H3,(H,28,33)(H,29,30)(H,31,32)/t16?,22?,23-/m1/s1. The first-order chi connectivity index (χ1) is 16.6. The number of aliphatic carboxylic acids is 1. The van der Waals surface area contributed by atoms with Crippen LogP contribution in [0, 0.1) is 5.41 Å². The smallest absolute Gasteiger partial charge is 0.407 e. The van der Waals surface area contributed by atoms with Gasteiger partial charge in [-0.2, -0.15) is 0 Å². The summed E-state index contributed by atoms with van der Waals surface area (Å²) in [6.45, 7) is 5.69. The number of alkyl carbamates (subject to hydrolysis) is 1. The van der Waals surface area contributed by atoms with Crippen LogP contribution >= 0.6 is 0 Å². The van der Waals surface area contributed by atoms with Gasteiger partial charge in [-0.15, -0.1) is 0 Å². The van der Waals surface area contributed by atoms with Crippen LogP contribution in [-0.4, -0.2) is 54.5 Å². The minimum absolute atomic E-state index is 0.0195. The highest BCUT2D eigenvalue weighted by Gasteiger charge is 2.37. The molecule has 3 atom stereocenters. The van der Waals surface area contributed by atoms with E-state index in [4.69, 9.17) is 9.47 Å². The van der Waals surface area contributed by atoms with E-state index in [2.05, 4.69) is 34.9 Å².